The summed E-state index contributed by atoms with van der Waals surface area (Å²) in [6, 6.07) is 5.32. The maximum atomic E-state index is 11.2. The van der Waals surface area contributed by atoms with Crippen molar-refractivity contribution in [3.8, 4) is 11.5 Å². The molecule has 0 aliphatic heterocycles. The van der Waals surface area contributed by atoms with Crippen molar-refractivity contribution < 1.29 is 19.0 Å². The molecule has 0 fully saturated rings. The minimum atomic E-state index is -0.673. The van der Waals surface area contributed by atoms with Crippen LogP contribution in [0.1, 0.15) is 6.92 Å². The number of hydrogen-bond acceptors (Lipinski definition) is 4. The fraction of sp³-hybridized carbons (Fsp3) is 0.364. The van der Waals surface area contributed by atoms with Crippen LogP contribution < -0.4 is 9.47 Å². The number of carbonyl (C=O) groups is 1. The third-order valence-corrected chi connectivity index (χ3v) is 2.46. The highest BCUT2D eigenvalue weighted by Crippen LogP contribution is 2.31. The Morgan fingerprint density at radius 1 is 1.31 bits per heavy atom. The number of benzene rings is 1. The molecular weight excluding hydrogens is 276 g/mol. The number of esters is 1. The van der Waals surface area contributed by atoms with Crippen LogP contribution in [0.2, 0.25) is 0 Å². The van der Waals surface area contributed by atoms with Crippen LogP contribution in [0.3, 0.4) is 0 Å². The quantitative estimate of drug-likeness (QED) is 0.798. The second kappa shape index (κ2) is 5.75. The zero-order chi connectivity index (χ0) is 12.1. The van der Waals surface area contributed by atoms with Crippen molar-refractivity contribution in [1.82, 2.24) is 0 Å². The monoisotopic (exact) mass is 288 g/mol. The van der Waals surface area contributed by atoms with E-state index in [2.05, 4.69) is 20.7 Å². The largest absolute Gasteiger partial charge is 0.493 e. The van der Waals surface area contributed by atoms with Crippen LogP contribution in [0.5, 0.6) is 11.5 Å². The molecule has 0 saturated heterocycles. The van der Waals surface area contributed by atoms with Crippen molar-refractivity contribution in [2.75, 3.05) is 14.2 Å². The molecule has 0 amide bonds. The van der Waals surface area contributed by atoms with Gasteiger partial charge in [0, 0.05) is 4.47 Å². The second-order valence-electron chi connectivity index (χ2n) is 3.08. The van der Waals surface area contributed by atoms with E-state index >= 15 is 0 Å². The van der Waals surface area contributed by atoms with Gasteiger partial charge in [-0.05, 0) is 25.1 Å². The number of halogens is 1. The molecule has 0 saturated carbocycles. The van der Waals surface area contributed by atoms with E-state index in [1.807, 2.05) is 6.07 Å². The zero-order valence-corrected chi connectivity index (χ0v) is 10.9. The van der Waals surface area contributed by atoms with Gasteiger partial charge in [0.05, 0.1) is 14.2 Å². The standard InChI is InChI=1S/C11H13BrO4/c1-7(11(13)15-3)16-10-6-8(12)4-5-9(10)14-2/h4-7H,1-3H3. The third-order valence-electron chi connectivity index (χ3n) is 1.96. The summed E-state index contributed by atoms with van der Waals surface area (Å²) in [6.07, 6.45) is -0.673. The lowest BCUT2D eigenvalue weighted by atomic mass is 10.3. The van der Waals surface area contributed by atoms with Gasteiger partial charge in [-0.2, -0.15) is 0 Å². The molecule has 0 bridgehead atoms. The molecule has 4 nitrogen and oxygen atoms in total. The molecule has 0 aliphatic carbocycles. The summed E-state index contributed by atoms with van der Waals surface area (Å²) in [5.41, 5.74) is 0. The van der Waals surface area contributed by atoms with Gasteiger partial charge in [0.1, 0.15) is 0 Å². The summed E-state index contributed by atoms with van der Waals surface area (Å²) < 4.78 is 16.0. The van der Waals surface area contributed by atoms with E-state index < -0.39 is 12.1 Å². The summed E-state index contributed by atoms with van der Waals surface area (Å²) in [7, 11) is 2.86. The molecule has 1 aromatic rings. The Hall–Kier alpha value is -1.23. The minimum Gasteiger partial charge on any atom is -0.493 e. The predicted molar refractivity (Wildman–Crippen MR) is 62.8 cm³/mol. The summed E-state index contributed by atoms with van der Waals surface area (Å²) in [5, 5.41) is 0. The van der Waals surface area contributed by atoms with E-state index in [4.69, 9.17) is 9.47 Å². The number of carbonyl (C=O) groups excluding carboxylic acids is 1. The van der Waals surface area contributed by atoms with Crippen molar-refractivity contribution >= 4 is 21.9 Å². The average molecular weight is 289 g/mol. The van der Waals surface area contributed by atoms with Gasteiger partial charge in [-0.15, -0.1) is 0 Å². The number of methoxy groups -OCH3 is 2. The Morgan fingerprint density at radius 3 is 2.56 bits per heavy atom. The van der Waals surface area contributed by atoms with Crippen molar-refractivity contribution in [2.24, 2.45) is 0 Å². The molecule has 0 radical (unpaired) electrons. The predicted octanol–water partition coefficient (Wildman–Crippen LogP) is 2.40. The third kappa shape index (κ3) is 3.13. The first-order chi connectivity index (χ1) is 7.58. The fourth-order valence-electron chi connectivity index (χ4n) is 1.15. The smallest absolute Gasteiger partial charge is 0.346 e. The van der Waals surface area contributed by atoms with Gasteiger partial charge in [0.25, 0.3) is 0 Å². The molecule has 1 atom stereocenters. The van der Waals surface area contributed by atoms with Crippen LogP contribution in [0, 0.1) is 0 Å². The van der Waals surface area contributed by atoms with Gasteiger partial charge in [0.2, 0.25) is 0 Å². The molecule has 5 heteroatoms. The van der Waals surface area contributed by atoms with Gasteiger partial charge in [-0.1, -0.05) is 15.9 Å². The van der Waals surface area contributed by atoms with Gasteiger partial charge in [-0.3, -0.25) is 0 Å². The molecule has 88 valence electrons. The molecular formula is C11H13BrO4. The summed E-state index contributed by atoms with van der Waals surface area (Å²) in [4.78, 5) is 11.2. The molecule has 16 heavy (non-hydrogen) atoms. The molecule has 1 aromatic carbocycles. The Kier molecular flexibility index (Phi) is 4.61. The van der Waals surface area contributed by atoms with Crippen molar-refractivity contribution in [2.45, 2.75) is 13.0 Å². The van der Waals surface area contributed by atoms with E-state index in [1.165, 1.54) is 7.11 Å². The van der Waals surface area contributed by atoms with E-state index in [9.17, 15) is 4.79 Å². The minimum absolute atomic E-state index is 0.429. The van der Waals surface area contributed by atoms with E-state index in [1.54, 1.807) is 26.2 Å². The van der Waals surface area contributed by atoms with Crippen LogP contribution in [0.25, 0.3) is 0 Å². The average Bonchev–Trinajstić information content (AvgIpc) is 2.28. The maximum Gasteiger partial charge on any atom is 0.346 e. The molecule has 0 N–H and O–H groups in total. The number of hydrogen-bond donors (Lipinski definition) is 0. The first-order valence-corrected chi connectivity index (χ1v) is 5.45. The van der Waals surface area contributed by atoms with Crippen LogP contribution >= 0.6 is 15.9 Å². The lowest BCUT2D eigenvalue weighted by Gasteiger charge is -2.15. The van der Waals surface area contributed by atoms with E-state index in [0.29, 0.717) is 11.5 Å². The summed E-state index contributed by atoms with van der Waals surface area (Å²) in [6.45, 7) is 1.62. The highest BCUT2D eigenvalue weighted by atomic mass is 79.9. The Balaban J connectivity index is 2.86. The SMILES string of the molecule is COC(=O)C(C)Oc1cc(Br)ccc1OC. The van der Waals surface area contributed by atoms with Gasteiger partial charge in [-0.25, -0.2) is 4.79 Å². The van der Waals surface area contributed by atoms with Crippen LogP contribution in [0.15, 0.2) is 22.7 Å². The molecule has 0 heterocycles. The van der Waals surface area contributed by atoms with Crippen molar-refractivity contribution in [3.63, 3.8) is 0 Å². The van der Waals surface area contributed by atoms with Gasteiger partial charge >= 0.3 is 5.97 Å². The molecule has 0 spiro atoms. The molecule has 1 unspecified atom stereocenters. The first kappa shape index (κ1) is 12.8. The highest BCUT2D eigenvalue weighted by molar-refractivity contribution is 9.10. The van der Waals surface area contributed by atoms with E-state index in [0.717, 1.165) is 4.47 Å². The number of ether oxygens (including phenoxy) is 3. The zero-order valence-electron chi connectivity index (χ0n) is 9.32. The van der Waals surface area contributed by atoms with Crippen LogP contribution in [-0.4, -0.2) is 26.3 Å². The Bertz CT molecular complexity index is 378. The van der Waals surface area contributed by atoms with Crippen LogP contribution in [0.4, 0.5) is 0 Å². The van der Waals surface area contributed by atoms with E-state index in [-0.39, 0.29) is 0 Å². The molecule has 1 rings (SSSR count). The van der Waals surface area contributed by atoms with Crippen LogP contribution in [-0.2, 0) is 9.53 Å². The summed E-state index contributed by atoms with van der Waals surface area (Å²) in [5.74, 6) is 0.635. The van der Waals surface area contributed by atoms with Crippen molar-refractivity contribution in [1.29, 1.82) is 0 Å². The number of rotatable bonds is 4. The molecule has 0 aromatic heterocycles. The second-order valence-corrected chi connectivity index (χ2v) is 3.99. The first-order valence-electron chi connectivity index (χ1n) is 4.66. The lowest BCUT2D eigenvalue weighted by Crippen LogP contribution is -2.25. The fourth-order valence-corrected chi connectivity index (χ4v) is 1.49. The maximum absolute atomic E-state index is 11.2. The topological polar surface area (TPSA) is 44.8 Å². The summed E-state index contributed by atoms with van der Waals surface area (Å²) >= 11 is 3.32. The lowest BCUT2D eigenvalue weighted by molar-refractivity contribution is -0.147. The highest BCUT2D eigenvalue weighted by Gasteiger charge is 2.17. The molecule has 0 aliphatic rings. The van der Waals surface area contributed by atoms with Gasteiger partial charge in [0.15, 0.2) is 17.6 Å². The normalized spacial score (nSPS) is 11.8. The van der Waals surface area contributed by atoms with Gasteiger partial charge < -0.3 is 14.2 Å². The Labute approximate surface area is 103 Å². The van der Waals surface area contributed by atoms with Crippen molar-refractivity contribution in [3.05, 3.63) is 22.7 Å². The Morgan fingerprint density at radius 2 is 2.00 bits per heavy atom.